The van der Waals surface area contributed by atoms with Crippen LogP contribution in [0.2, 0.25) is 0 Å². The van der Waals surface area contributed by atoms with Crippen molar-refractivity contribution in [2.75, 3.05) is 0 Å². The molecule has 22 heavy (non-hydrogen) atoms. The van der Waals surface area contributed by atoms with Gasteiger partial charge in [-0.15, -0.1) is 10.2 Å². The SMILES string of the molecule is Cn1c(Sc2ccccc2)nnc1-c1ccc([N+](=O)[O-])cc1. The molecule has 6 nitrogen and oxygen atoms in total. The standard InChI is InChI=1S/C15H12N4O2S/c1-18-14(11-7-9-12(10-8-11)19(20)21)16-17-15(18)22-13-5-3-2-4-6-13/h2-10H,1H3. The molecular weight excluding hydrogens is 300 g/mol. The summed E-state index contributed by atoms with van der Waals surface area (Å²) in [6.07, 6.45) is 0. The lowest BCUT2D eigenvalue weighted by Gasteiger charge is -2.03. The largest absolute Gasteiger partial charge is 0.305 e. The Labute approximate surface area is 131 Å². The van der Waals surface area contributed by atoms with E-state index >= 15 is 0 Å². The number of hydrogen-bond donors (Lipinski definition) is 0. The summed E-state index contributed by atoms with van der Waals surface area (Å²) in [6.45, 7) is 0. The second kappa shape index (κ2) is 5.98. The van der Waals surface area contributed by atoms with Crippen LogP contribution in [0.3, 0.4) is 0 Å². The average molecular weight is 312 g/mol. The van der Waals surface area contributed by atoms with Crippen molar-refractivity contribution in [2.24, 2.45) is 7.05 Å². The summed E-state index contributed by atoms with van der Waals surface area (Å²) < 4.78 is 1.87. The highest BCUT2D eigenvalue weighted by Crippen LogP contribution is 2.28. The normalized spacial score (nSPS) is 10.6. The molecule has 1 heterocycles. The highest BCUT2D eigenvalue weighted by Gasteiger charge is 2.13. The number of nitro benzene ring substituents is 1. The molecule has 0 saturated heterocycles. The number of nitrogens with zero attached hydrogens (tertiary/aromatic N) is 4. The fraction of sp³-hybridized carbons (Fsp3) is 0.0667. The van der Waals surface area contributed by atoms with Crippen LogP contribution in [0.4, 0.5) is 5.69 Å². The predicted octanol–water partition coefficient (Wildman–Crippen LogP) is 3.54. The maximum Gasteiger partial charge on any atom is 0.269 e. The van der Waals surface area contributed by atoms with Gasteiger partial charge in [-0.3, -0.25) is 10.1 Å². The summed E-state index contributed by atoms with van der Waals surface area (Å²) in [5.41, 5.74) is 0.852. The van der Waals surface area contributed by atoms with Crippen LogP contribution in [0.25, 0.3) is 11.4 Å². The second-order valence-electron chi connectivity index (χ2n) is 4.58. The quantitative estimate of drug-likeness (QED) is 0.544. The molecule has 0 unspecified atom stereocenters. The van der Waals surface area contributed by atoms with Crippen LogP contribution >= 0.6 is 11.8 Å². The maximum atomic E-state index is 10.7. The smallest absolute Gasteiger partial charge is 0.269 e. The lowest BCUT2D eigenvalue weighted by Crippen LogP contribution is -1.95. The minimum absolute atomic E-state index is 0.0600. The van der Waals surface area contributed by atoms with E-state index in [4.69, 9.17) is 0 Å². The summed E-state index contributed by atoms with van der Waals surface area (Å²) in [7, 11) is 1.88. The molecule has 3 rings (SSSR count). The molecule has 0 N–H and O–H groups in total. The molecule has 0 radical (unpaired) electrons. The number of nitro groups is 1. The molecule has 0 spiro atoms. The second-order valence-corrected chi connectivity index (χ2v) is 5.62. The van der Waals surface area contributed by atoms with E-state index in [0.717, 1.165) is 15.6 Å². The Hall–Kier alpha value is -2.67. The fourth-order valence-corrected chi connectivity index (χ4v) is 2.79. The third-order valence-electron chi connectivity index (χ3n) is 3.12. The monoisotopic (exact) mass is 312 g/mol. The van der Waals surface area contributed by atoms with Gasteiger partial charge >= 0.3 is 0 Å². The van der Waals surface area contributed by atoms with Crippen LogP contribution in [-0.2, 0) is 7.05 Å². The molecule has 0 amide bonds. The van der Waals surface area contributed by atoms with E-state index in [0.29, 0.717) is 5.82 Å². The molecule has 7 heteroatoms. The van der Waals surface area contributed by atoms with E-state index in [1.807, 2.05) is 41.9 Å². The van der Waals surface area contributed by atoms with Crippen molar-refractivity contribution in [1.29, 1.82) is 0 Å². The van der Waals surface area contributed by atoms with E-state index in [-0.39, 0.29) is 5.69 Å². The van der Waals surface area contributed by atoms with E-state index in [1.54, 1.807) is 12.1 Å². The number of benzene rings is 2. The highest BCUT2D eigenvalue weighted by atomic mass is 32.2. The van der Waals surface area contributed by atoms with Crippen LogP contribution in [0.15, 0.2) is 64.6 Å². The minimum Gasteiger partial charge on any atom is -0.305 e. The van der Waals surface area contributed by atoms with Gasteiger partial charge in [0.15, 0.2) is 11.0 Å². The molecule has 0 aliphatic rings. The Bertz CT molecular complexity index is 800. The summed E-state index contributed by atoms with van der Waals surface area (Å²) >= 11 is 1.52. The molecule has 0 aliphatic carbocycles. The van der Waals surface area contributed by atoms with Crippen molar-refractivity contribution >= 4 is 17.4 Å². The highest BCUT2D eigenvalue weighted by molar-refractivity contribution is 7.99. The van der Waals surface area contributed by atoms with E-state index < -0.39 is 4.92 Å². The minimum atomic E-state index is -0.420. The van der Waals surface area contributed by atoms with Crippen LogP contribution in [0.5, 0.6) is 0 Å². The van der Waals surface area contributed by atoms with Gasteiger partial charge in [0.1, 0.15) is 0 Å². The molecule has 0 atom stereocenters. The maximum absolute atomic E-state index is 10.7. The Morgan fingerprint density at radius 1 is 1.05 bits per heavy atom. The Morgan fingerprint density at radius 3 is 2.36 bits per heavy atom. The van der Waals surface area contributed by atoms with Crippen molar-refractivity contribution in [2.45, 2.75) is 10.1 Å². The molecule has 3 aromatic rings. The summed E-state index contributed by atoms with van der Waals surface area (Å²) in [6, 6.07) is 16.2. The lowest BCUT2D eigenvalue weighted by atomic mass is 10.2. The van der Waals surface area contributed by atoms with Gasteiger partial charge in [0.05, 0.1) is 4.92 Å². The van der Waals surface area contributed by atoms with Crippen molar-refractivity contribution in [3.8, 4) is 11.4 Å². The van der Waals surface area contributed by atoms with E-state index in [9.17, 15) is 10.1 Å². The van der Waals surface area contributed by atoms with Gasteiger partial charge < -0.3 is 4.57 Å². The fourth-order valence-electron chi connectivity index (χ4n) is 1.98. The average Bonchev–Trinajstić information content (AvgIpc) is 2.89. The third kappa shape index (κ3) is 2.84. The molecule has 110 valence electrons. The van der Waals surface area contributed by atoms with Crippen molar-refractivity contribution in [3.05, 3.63) is 64.7 Å². The molecule has 0 fully saturated rings. The molecule has 0 bridgehead atoms. The Balaban J connectivity index is 1.88. The van der Waals surface area contributed by atoms with Crippen molar-refractivity contribution < 1.29 is 4.92 Å². The predicted molar refractivity (Wildman–Crippen MR) is 83.7 cm³/mol. The molecule has 2 aromatic carbocycles. The first kappa shape index (κ1) is 14.3. The number of aromatic nitrogens is 3. The van der Waals surface area contributed by atoms with Gasteiger partial charge in [0.25, 0.3) is 5.69 Å². The van der Waals surface area contributed by atoms with Crippen molar-refractivity contribution in [3.63, 3.8) is 0 Å². The van der Waals surface area contributed by atoms with Gasteiger partial charge in [0, 0.05) is 29.6 Å². The van der Waals surface area contributed by atoms with Crippen molar-refractivity contribution in [1.82, 2.24) is 14.8 Å². The van der Waals surface area contributed by atoms with Gasteiger partial charge in [0.2, 0.25) is 0 Å². The lowest BCUT2D eigenvalue weighted by molar-refractivity contribution is -0.384. The number of rotatable bonds is 4. The van der Waals surface area contributed by atoms with E-state index in [2.05, 4.69) is 10.2 Å². The van der Waals surface area contributed by atoms with Gasteiger partial charge in [-0.05, 0) is 36.0 Å². The van der Waals surface area contributed by atoms with Crippen LogP contribution in [0.1, 0.15) is 0 Å². The number of non-ortho nitro benzene ring substituents is 1. The van der Waals surface area contributed by atoms with Crippen LogP contribution in [-0.4, -0.2) is 19.7 Å². The Kier molecular flexibility index (Phi) is 3.88. The van der Waals surface area contributed by atoms with Gasteiger partial charge in [-0.2, -0.15) is 0 Å². The van der Waals surface area contributed by atoms with Crippen LogP contribution in [0, 0.1) is 10.1 Å². The van der Waals surface area contributed by atoms with Gasteiger partial charge in [-0.1, -0.05) is 18.2 Å². The summed E-state index contributed by atoms with van der Waals surface area (Å²) in [5, 5.41) is 19.8. The molecular formula is C15H12N4O2S. The topological polar surface area (TPSA) is 73.8 Å². The number of hydrogen-bond acceptors (Lipinski definition) is 5. The summed E-state index contributed by atoms with van der Waals surface area (Å²) in [5.74, 6) is 0.674. The zero-order valence-corrected chi connectivity index (χ0v) is 12.5. The first-order valence-electron chi connectivity index (χ1n) is 6.52. The zero-order chi connectivity index (χ0) is 15.5. The summed E-state index contributed by atoms with van der Waals surface area (Å²) in [4.78, 5) is 11.3. The molecule has 0 aliphatic heterocycles. The van der Waals surface area contributed by atoms with Gasteiger partial charge in [-0.25, -0.2) is 0 Å². The first-order chi connectivity index (χ1) is 10.6. The third-order valence-corrected chi connectivity index (χ3v) is 4.17. The van der Waals surface area contributed by atoms with E-state index in [1.165, 1.54) is 23.9 Å². The molecule has 1 aromatic heterocycles. The van der Waals surface area contributed by atoms with Crippen LogP contribution < -0.4 is 0 Å². The Morgan fingerprint density at radius 2 is 1.73 bits per heavy atom. The zero-order valence-electron chi connectivity index (χ0n) is 11.7. The molecule has 0 saturated carbocycles. The first-order valence-corrected chi connectivity index (χ1v) is 7.34.